The number of amides is 1. The predicted octanol–water partition coefficient (Wildman–Crippen LogP) is 4.62. The van der Waals surface area contributed by atoms with Crippen molar-refractivity contribution in [2.24, 2.45) is 0 Å². The highest BCUT2D eigenvalue weighted by Gasteiger charge is 2.25. The molecule has 1 saturated heterocycles. The molecular formula is C27H24ClN3O3. The molecule has 0 bridgehead atoms. The second-order valence-electron chi connectivity index (χ2n) is 8.22. The summed E-state index contributed by atoms with van der Waals surface area (Å²) in [4.78, 5) is 31.0. The molecule has 0 atom stereocenters. The molecule has 1 aromatic heterocycles. The molecule has 3 aromatic carbocycles. The van der Waals surface area contributed by atoms with Gasteiger partial charge in [0.15, 0.2) is 0 Å². The van der Waals surface area contributed by atoms with E-state index in [-0.39, 0.29) is 11.5 Å². The fourth-order valence-electron chi connectivity index (χ4n) is 4.39. The summed E-state index contributed by atoms with van der Waals surface area (Å²) in [5.41, 5.74) is 2.13. The minimum absolute atomic E-state index is 0.0748. The molecule has 0 aliphatic carbocycles. The molecule has 0 spiro atoms. The topological polar surface area (TPSA) is 54.8 Å². The van der Waals surface area contributed by atoms with Gasteiger partial charge in [0.1, 0.15) is 5.75 Å². The van der Waals surface area contributed by atoms with Crippen LogP contribution in [0.15, 0.2) is 83.8 Å². The van der Waals surface area contributed by atoms with Gasteiger partial charge >= 0.3 is 0 Å². The van der Waals surface area contributed by atoms with E-state index in [1.807, 2.05) is 59.5 Å². The van der Waals surface area contributed by atoms with Crippen LogP contribution in [-0.4, -0.2) is 48.7 Å². The van der Waals surface area contributed by atoms with Crippen LogP contribution < -0.4 is 15.2 Å². The molecule has 0 unspecified atom stereocenters. The van der Waals surface area contributed by atoms with Crippen molar-refractivity contribution < 1.29 is 9.53 Å². The van der Waals surface area contributed by atoms with Gasteiger partial charge in [-0.05, 0) is 54.6 Å². The number of halogens is 1. The second-order valence-corrected chi connectivity index (χ2v) is 8.65. The summed E-state index contributed by atoms with van der Waals surface area (Å²) in [6.07, 6.45) is 1.67. The molecule has 1 amide bonds. The van der Waals surface area contributed by atoms with Gasteiger partial charge in [-0.1, -0.05) is 29.8 Å². The SMILES string of the molecule is COc1ccc(-n2cc(C(=O)N3CCN(c4ccc(Cl)cc4)CC3)c3ccccc3c2=O)cc1. The van der Waals surface area contributed by atoms with Crippen molar-refractivity contribution in [3.05, 3.63) is 99.9 Å². The molecular weight excluding hydrogens is 450 g/mol. The van der Waals surface area contributed by atoms with E-state index in [0.717, 1.165) is 18.8 Å². The van der Waals surface area contributed by atoms with E-state index in [9.17, 15) is 9.59 Å². The summed E-state index contributed by atoms with van der Waals surface area (Å²) in [6.45, 7) is 2.64. The molecule has 4 aromatic rings. The Morgan fingerprint density at radius 2 is 1.44 bits per heavy atom. The fourth-order valence-corrected chi connectivity index (χ4v) is 4.51. The molecule has 1 fully saturated rings. The molecule has 0 N–H and O–H groups in total. The quantitative estimate of drug-likeness (QED) is 0.434. The molecule has 7 heteroatoms. The number of fused-ring (bicyclic) bond motifs is 1. The van der Waals surface area contributed by atoms with Gasteiger partial charge in [-0.25, -0.2) is 0 Å². The Labute approximate surface area is 202 Å². The van der Waals surface area contributed by atoms with Crippen LogP contribution in [0.1, 0.15) is 10.4 Å². The van der Waals surface area contributed by atoms with Crippen LogP contribution in [0.5, 0.6) is 5.75 Å². The van der Waals surface area contributed by atoms with Crippen LogP contribution in [0.3, 0.4) is 0 Å². The van der Waals surface area contributed by atoms with Crippen molar-refractivity contribution in [3.63, 3.8) is 0 Å². The molecule has 0 saturated carbocycles. The molecule has 34 heavy (non-hydrogen) atoms. The predicted molar refractivity (Wildman–Crippen MR) is 136 cm³/mol. The number of anilines is 1. The number of hydrogen-bond donors (Lipinski definition) is 0. The van der Waals surface area contributed by atoms with E-state index in [2.05, 4.69) is 4.90 Å². The van der Waals surface area contributed by atoms with E-state index in [0.29, 0.717) is 45.9 Å². The Bertz CT molecular complexity index is 1390. The highest BCUT2D eigenvalue weighted by atomic mass is 35.5. The van der Waals surface area contributed by atoms with Crippen molar-refractivity contribution in [1.82, 2.24) is 9.47 Å². The number of hydrogen-bond acceptors (Lipinski definition) is 4. The molecule has 5 rings (SSSR count). The van der Waals surface area contributed by atoms with Gasteiger partial charge in [0.05, 0.1) is 12.7 Å². The number of piperazine rings is 1. The zero-order valence-corrected chi connectivity index (χ0v) is 19.5. The van der Waals surface area contributed by atoms with E-state index in [1.54, 1.807) is 36.1 Å². The number of carbonyl (C=O) groups excluding carboxylic acids is 1. The lowest BCUT2D eigenvalue weighted by atomic mass is 10.1. The molecule has 0 radical (unpaired) electrons. The Kier molecular flexibility index (Phi) is 5.99. The van der Waals surface area contributed by atoms with Crippen LogP contribution in [0.4, 0.5) is 5.69 Å². The standard InChI is InChI=1S/C27H24ClN3O3/c1-34-22-12-10-21(11-13-22)31-18-25(23-4-2-3-5-24(23)27(31)33)26(32)30-16-14-29(15-17-30)20-8-6-19(28)7-9-20/h2-13,18H,14-17H2,1H3. The molecule has 1 aliphatic rings. The summed E-state index contributed by atoms with van der Waals surface area (Å²) in [5.74, 6) is 0.627. The van der Waals surface area contributed by atoms with Crippen molar-refractivity contribution in [2.75, 3.05) is 38.2 Å². The summed E-state index contributed by atoms with van der Waals surface area (Å²) in [5, 5.41) is 1.89. The maximum atomic E-state index is 13.7. The first-order chi connectivity index (χ1) is 16.5. The van der Waals surface area contributed by atoms with Gasteiger partial charge in [-0.2, -0.15) is 0 Å². The third-order valence-electron chi connectivity index (χ3n) is 6.26. The summed E-state index contributed by atoms with van der Waals surface area (Å²) in [6, 6.07) is 22.3. The van der Waals surface area contributed by atoms with Crippen molar-refractivity contribution >= 4 is 34.0 Å². The highest BCUT2D eigenvalue weighted by molar-refractivity contribution is 6.30. The van der Waals surface area contributed by atoms with Gasteiger partial charge in [-0.15, -0.1) is 0 Å². The lowest BCUT2D eigenvalue weighted by Crippen LogP contribution is -2.49. The van der Waals surface area contributed by atoms with Crippen LogP contribution in [-0.2, 0) is 0 Å². The Balaban J connectivity index is 1.47. The van der Waals surface area contributed by atoms with E-state index < -0.39 is 0 Å². The third-order valence-corrected chi connectivity index (χ3v) is 6.52. The average molecular weight is 474 g/mol. The average Bonchev–Trinajstić information content (AvgIpc) is 2.89. The first-order valence-electron chi connectivity index (χ1n) is 11.1. The monoisotopic (exact) mass is 473 g/mol. The fraction of sp³-hybridized carbons (Fsp3) is 0.185. The molecule has 172 valence electrons. The zero-order valence-electron chi connectivity index (χ0n) is 18.8. The zero-order chi connectivity index (χ0) is 23.7. The maximum Gasteiger partial charge on any atom is 0.262 e. The van der Waals surface area contributed by atoms with E-state index in [4.69, 9.17) is 16.3 Å². The first kappa shape index (κ1) is 22.0. The molecule has 6 nitrogen and oxygen atoms in total. The number of nitrogens with zero attached hydrogens (tertiary/aromatic N) is 3. The number of methoxy groups -OCH3 is 1. The number of benzene rings is 3. The molecule has 2 heterocycles. The van der Waals surface area contributed by atoms with Crippen LogP contribution in [0, 0.1) is 0 Å². The number of pyridine rings is 1. The normalized spacial score (nSPS) is 13.8. The Hall–Kier alpha value is -3.77. The largest absolute Gasteiger partial charge is 0.497 e. The van der Waals surface area contributed by atoms with Gasteiger partial charge in [-0.3, -0.25) is 14.2 Å². The number of aromatic nitrogens is 1. The Morgan fingerprint density at radius 3 is 2.09 bits per heavy atom. The van der Waals surface area contributed by atoms with E-state index in [1.165, 1.54) is 0 Å². The van der Waals surface area contributed by atoms with Crippen LogP contribution in [0.2, 0.25) is 5.02 Å². The Morgan fingerprint density at radius 1 is 0.824 bits per heavy atom. The second kappa shape index (κ2) is 9.23. The van der Waals surface area contributed by atoms with E-state index >= 15 is 0 Å². The minimum atomic E-state index is -0.162. The van der Waals surface area contributed by atoms with Gasteiger partial charge < -0.3 is 14.5 Å². The lowest BCUT2D eigenvalue weighted by molar-refractivity contribution is 0.0748. The first-order valence-corrected chi connectivity index (χ1v) is 11.5. The summed E-state index contributed by atoms with van der Waals surface area (Å²) >= 11 is 6.01. The molecule has 1 aliphatic heterocycles. The lowest BCUT2D eigenvalue weighted by Gasteiger charge is -2.36. The van der Waals surface area contributed by atoms with Crippen molar-refractivity contribution in [3.8, 4) is 11.4 Å². The third kappa shape index (κ3) is 4.13. The summed E-state index contributed by atoms with van der Waals surface area (Å²) in [7, 11) is 1.60. The van der Waals surface area contributed by atoms with Gasteiger partial charge in [0.2, 0.25) is 0 Å². The van der Waals surface area contributed by atoms with Crippen molar-refractivity contribution in [1.29, 1.82) is 0 Å². The van der Waals surface area contributed by atoms with Crippen LogP contribution in [0.25, 0.3) is 16.5 Å². The number of carbonyl (C=O) groups is 1. The van der Waals surface area contributed by atoms with Crippen LogP contribution >= 0.6 is 11.6 Å². The summed E-state index contributed by atoms with van der Waals surface area (Å²) < 4.78 is 6.78. The smallest absolute Gasteiger partial charge is 0.262 e. The van der Waals surface area contributed by atoms with Crippen molar-refractivity contribution in [2.45, 2.75) is 0 Å². The minimum Gasteiger partial charge on any atom is -0.497 e. The number of ether oxygens (including phenoxy) is 1. The number of rotatable bonds is 4. The maximum absolute atomic E-state index is 13.7. The highest BCUT2D eigenvalue weighted by Crippen LogP contribution is 2.23. The van der Waals surface area contributed by atoms with Gasteiger partial charge in [0.25, 0.3) is 11.5 Å². The van der Waals surface area contributed by atoms with Gasteiger partial charge in [0, 0.05) is 59.5 Å².